The summed E-state index contributed by atoms with van der Waals surface area (Å²) in [7, 11) is 2.95. The van der Waals surface area contributed by atoms with Crippen LogP contribution in [-0.4, -0.2) is 55.8 Å². The van der Waals surface area contributed by atoms with Crippen LogP contribution in [0.2, 0.25) is 0 Å². The average molecular weight is 302 g/mol. The highest BCUT2D eigenvalue weighted by molar-refractivity contribution is 7.91. The predicted molar refractivity (Wildman–Crippen MR) is 82.7 cm³/mol. The number of fused-ring (bicyclic) bond motifs is 1. The minimum atomic E-state index is -2.88. The van der Waals surface area contributed by atoms with Gasteiger partial charge in [0.2, 0.25) is 0 Å². The Labute approximate surface area is 124 Å². The highest BCUT2D eigenvalue weighted by Gasteiger charge is 2.22. The van der Waals surface area contributed by atoms with Gasteiger partial charge in [-0.3, -0.25) is 9.88 Å². The molecule has 1 aromatic heterocycles. The van der Waals surface area contributed by atoms with E-state index in [2.05, 4.69) is 9.88 Å². The number of benzene rings is 1. The van der Waals surface area contributed by atoms with Crippen molar-refractivity contribution in [3.8, 4) is 5.75 Å². The molecule has 1 fully saturated rings. The van der Waals surface area contributed by atoms with E-state index in [4.69, 9.17) is 7.85 Å². The van der Waals surface area contributed by atoms with Crippen molar-refractivity contribution in [2.75, 3.05) is 24.6 Å². The van der Waals surface area contributed by atoms with Gasteiger partial charge in [0.25, 0.3) is 0 Å². The van der Waals surface area contributed by atoms with E-state index in [-0.39, 0.29) is 17.3 Å². The van der Waals surface area contributed by atoms with E-state index in [0.29, 0.717) is 30.6 Å². The molecule has 0 atom stereocenters. The Hall–Kier alpha value is -1.60. The Morgan fingerprint density at radius 3 is 2.76 bits per heavy atom. The molecule has 2 radical (unpaired) electrons. The number of pyridine rings is 1. The van der Waals surface area contributed by atoms with Crippen LogP contribution >= 0.6 is 0 Å². The fraction of sp³-hybridized carbons (Fsp3) is 0.357. The van der Waals surface area contributed by atoms with Crippen LogP contribution in [-0.2, 0) is 16.4 Å². The van der Waals surface area contributed by atoms with E-state index in [1.165, 1.54) is 0 Å². The molecule has 7 heteroatoms. The number of rotatable bonds is 2. The minimum absolute atomic E-state index is 0.00410. The van der Waals surface area contributed by atoms with Gasteiger partial charge in [-0.05, 0) is 11.6 Å². The average Bonchev–Trinajstić information content (AvgIpc) is 2.47. The molecule has 108 valence electrons. The van der Waals surface area contributed by atoms with Crippen LogP contribution in [0.25, 0.3) is 10.9 Å². The van der Waals surface area contributed by atoms with Crippen LogP contribution in [0, 0.1) is 0 Å². The highest BCUT2D eigenvalue weighted by Crippen LogP contribution is 2.24. The molecular weight excluding hydrogens is 287 g/mol. The number of hydrogen-bond donors (Lipinski definition) is 1. The van der Waals surface area contributed by atoms with Crippen LogP contribution in [0.3, 0.4) is 0 Å². The smallest absolute Gasteiger partial charge is 0.152 e. The monoisotopic (exact) mass is 302 g/mol. The molecular formula is C14H15BN2O3S. The summed E-state index contributed by atoms with van der Waals surface area (Å²) in [5.74, 6) is 0.378. The van der Waals surface area contributed by atoms with Crippen molar-refractivity contribution in [1.29, 1.82) is 0 Å². The second kappa shape index (κ2) is 5.31. The second-order valence-corrected chi connectivity index (χ2v) is 7.60. The molecule has 2 heterocycles. The van der Waals surface area contributed by atoms with Crippen LogP contribution in [0.5, 0.6) is 5.75 Å². The van der Waals surface area contributed by atoms with Crippen molar-refractivity contribution in [2.24, 2.45) is 0 Å². The first-order chi connectivity index (χ1) is 9.96. The molecule has 3 rings (SSSR count). The Bertz CT molecular complexity index is 778. The Kier molecular flexibility index (Phi) is 3.63. The third-order valence-electron chi connectivity index (χ3n) is 3.81. The maximum absolute atomic E-state index is 11.5. The first kappa shape index (κ1) is 14.3. The molecule has 1 saturated heterocycles. The largest absolute Gasteiger partial charge is 0.506 e. The fourth-order valence-corrected chi connectivity index (χ4v) is 3.88. The Balaban J connectivity index is 1.93. The standard InChI is InChI=1S/C14H15BN2O3S/c15-12-8-10(9-17-4-6-21(19,20)7-5-17)11-2-1-3-16-13(11)14(12)18/h1-3,8,18H,4-7,9H2. The summed E-state index contributed by atoms with van der Waals surface area (Å²) in [5, 5.41) is 10.8. The number of aromatic nitrogens is 1. The van der Waals surface area contributed by atoms with E-state index in [0.717, 1.165) is 10.9 Å². The Morgan fingerprint density at radius 1 is 1.33 bits per heavy atom. The van der Waals surface area contributed by atoms with E-state index < -0.39 is 9.84 Å². The fourth-order valence-electron chi connectivity index (χ4n) is 2.60. The van der Waals surface area contributed by atoms with Crippen molar-refractivity contribution in [1.82, 2.24) is 9.88 Å². The molecule has 0 spiro atoms. The predicted octanol–water partition coefficient (Wildman–Crippen LogP) is -0.0354. The first-order valence-electron chi connectivity index (χ1n) is 6.74. The number of phenolic OH excluding ortho intramolecular Hbond substituents is 1. The molecule has 0 aliphatic carbocycles. The zero-order valence-electron chi connectivity index (χ0n) is 11.5. The molecule has 1 aromatic carbocycles. The summed E-state index contributed by atoms with van der Waals surface area (Å²) in [6.07, 6.45) is 1.61. The molecule has 1 aliphatic heterocycles. The first-order valence-corrected chi connectivity index (χ1v) is 8.56. The van der Waals surface area contributed by atoms with Gasteiger partial charge in [0, 0.05) is 31.2 Å². The molecule has 0 bridgehead atoms. The van der Waals surface area contributed by atoms with Crippen molar-refractivity contribution in [2.45, 2.75) is 6.54 Å². The molecule has 21 heavy (non-hydrogen) atoms. The molecule has 0 unspecified atom stereocenters. The summed E-state index contributed by atoms with van der Waals surface area (Å²) in [6, 6.07) is 5.43. The number of hydrogen-bond acceptors (Lipinski definition) is 5. The third kappa shape index (κ3) is 2.89. The number of nitrogens with zero attached hydrogens (tertiary/aromatic N) is 2. The van der Waals surface area contributed by atoms with E-state index >= 15 is 0 Å². The lowest BCUT2D eigenvalue weighted by Crippen LogP contribution is -2.39. The van der Waals surface area contributed by atoms with E-state index in [9.17, 15) is 13.5 Å². The van der Waals surface area contributed by atoms with Crippen molar-refractivity contribution in [3.05, 3.63) is 30.0 Å². The summed E-state index contributed by atoms with van der Waals surface area (Å²) in [6.45, 7) is 1.64. The summed E-state index contributed by atoms with van der Waals surface area (Å²) >= 11 is 0. The van der Waals surface area contributed by atoms with Crippen molar-refractivity contribution < 1.29 is 13.5 Å². The van der Waals surface area contributed by atoms with Crippen LogP contribution in [0.1, 0.15) is 5.56 Å². The molecule has 0 amide bonds. The summed E-state index contributed by atoms with van der Waals surface area (Å²) < 4.78 is 22.9. The van der Waals surface area contributed by atoms with E-state index in [1.54, 1.807) is 12.3 Å². The topological polar surface area (TPSA) is 70.5 Å². The zero-order chi connectivity index (χ0) is 15.0. The summed E-state index contributed by atoms with van der Waals surface area (Å²) in [5.41, 5.74) is 1.73. The van der Waals surface area contributed by atoms with Gasteiger partial charge in [-0.1, -0.05) is 17.6 Å². The van der Waals surface area contributed by atoms with Gasteiger partial charge >= 0.3 is 0 Å². The van der Waals surface area contributed by atoms with Gasteiger partial charge in [0.1, 0.15) is 19.1 Å². The molecule has 2 aromatic rings. The number of phenols is 1. The van der Waals surface area contributed by atoms with Gasteiger partial charge in [-0.15, -0.1) is 0 Å². The number of sulfone groups is 1. The Morgan fingerprint density at radius 2 is 2.05 bits per heavy atom. The van der Waals surface area contributed by atoms with Crippen LogP contribution in [0.15, 0.2) is 24.4 Å². The normalized spacial score (nSPS) is 18.9. The number of aromatic hydroxyl groups is 1. The SMILES string of the molecule is [B]c1cc(CN2CCS(=O)(=O)CC2)c2cccnc2c1O. The molecule has 1 aliphatic rings. The lowest BCUT2D eigenvalue weighted by molar-refractivity contribution is 0.288. The molecule has 0 saturated carbocycles. The zero-order valence-corrected chi connectivity index (χ0v) is 12.3. The summed E-state index contributed by atoms with van der Waals surface area (Å²) in [4.78, 5) is 6.26. The maximum Gasteiger partial charge on any atom is 0.152 e. The molecule has 5 nitrogen and oxygen atoms in total. The second-order valence-electron chi connectivity index (χ2n) is 5.30. The van der Waals surface area contributed by atoms with E-state index in [1.807, 2.05) is 12.1 Å². The van der Waals surface area contributed by atoms with Gasteiger partial charge < -0.3 is 5.11 Å². The van der Waals surface area contributed by atoms with Gasteiger partial charge in [0.05, 0.1) is 11.5 Å². The van der Waals surface area contributed by atoms with Gasteiger partial charge in [0.15, 0.2) is 9.84 Å². The minimum Gasteiger partial charge on any atom is -0.506 e. The lowest BCUT2D eigenvalue weighted by atomic mass is 9.90. The quantitative estimate of drug-likeness (QED) is 0.789. The van der Waals surface area contributed by atoms with Gasteiger partial charge in [-0.25, -0.2) is 8.42 Å². The van der Waals surface area contributed by atoms with Crippen molar-refractivity contribution >= 4 is 34.0 Å². The van der Waals surface area contributed by atoms with Crippen molar-refractivity contribution in [3.63, 3.8) is 0 Å². The molecule has 1 N–H and O–H groups in total. The maximum atomic E-state index is 11.5. The third-order valence-corrected chi connectivity index (χ3v) is 5.42. The van der Waals surface area contributed by atoms with Crippen LogP contribution in [0.4, 0.5) is 0 Å². The lowest BCUT2D eigenvalue weighted by Gasteiger charge is -2.27. The van der Waals surface area contributed by atoms with Crippen LogP contribution < -0.4 is 5.46 Å². The van der Waals surface area contributed by atoms with Gasteiger partial charge in [-0.2, -0.15) is 0 Å². The highest BCUT2D eigenvalue weighted by atomic mass is 32.2.